The largest absolute Gasteiger partial charge is 0.492 e. The summed E-state index contributed by atoms with van der Waals surface area (Å²) >= 11 is 7.70. The maximum atomic E-state index is 6.06. The third-order valence-corrected chi connectivity index (χ3v) is 4.55. The van der Waals surface area contributed by atoms with Crippen LogP contribution in [0, 0.1) is 0 Å². The van der Waals surface area contributed by atoms with Crippen molar-refractivity contribution in [3.8, 4) is 5.75 Å². The standard InChI is InChI=1S/C16H16ClN3OS/c1-3-10-9-11-14(19-16(17)20-15(11)22-10)18-12-7-5-6-8-13(12)21-4-2/h5-9H,3-4H2,1-2H3,(H,18,19,20). The molecular weight excluding hydrogens is 318 g/mol. The van der Waals surface area contributed by atoms with Crippen LogP contribution in [0.1, 0.15) is 18.7 Å². The molecule has 4 nitrogen and oxygen atoms in total. The summed E-state index contributed by atoms with van der Waals surface area (Å²) in [4.78, 5) is 10.8. The Kier molecular flexibility index (Phi) is 4.45. The molecule has 3 rings (SSSR count). The van der Waals surface area contributed by atoms with E-state index in [2.05, 4.69) is 28.3 Å². The molecule has 1 aromatic carbocycles. The summed E-state index contributed by atoms with van der Waals surface area (Å²) in [7, 11) is 0. The number of aryl methyl sites for hydroxylation is 1. The minimum Gasteiger partial charge on any atom is -0.492 e. The molecule has 6 heteroatoms. The first-order valence-corrected chi connectivity index (χ1v) is 8.35. The molecule has 0 bridgehead atoms. The molecule has 1 N–H and O–H groups in total. The summed E-state index contributed by atoms with van der Waals surface area (Å²) in [5, 5.41) is 4.55. The number of rotatable bonds is 5. The van der Waals surface area contributed by atoms with E-state index in [-0.39, 0.29) is 5.28 Å². The van der Waals surface area contributed by atoms with E-state index in [9.17, 15) is 0 Å². The normalized spacial score (nSPS) is 10.9. The van der Waals surface area contributed by atoms with E-state index in [0.717, 1.165) is 28.1 Å². The average molecular weight is 334 g/mol. The number of halogens is 1. The molecule has 114 valence electrons. The number of benzene rings is 1. The van der Waals surface area contributed by atoms with Gasteiger partial charge in [0.1, 0.15) is 16.4 Å². The van der Waals surface area contributed by atoms with Crippen LogP contribution in [0.2, 0.25) is 5.28 Å². The van der Waals surface area contributed by atoms with Crippen molar-refractivity contribution in [1.29, 1.82) is 0 Å². The maximum absolute atomic E-state index is 6.06. The molecule has 22 heavy (non-hydrogen) atoms. The lowest BCUT2D eigenvalue weighted by molar-refractivity contribution is 0.342. The summed E-state index contributed by atoms with van der Waals surface area (Å²) < 4.78 is 5.64. The minimum absolute atomic E-state index is 0.244. The molecule has 0 aliphatic carbocycles. The molecular formula is C16H16ClN3OS. The van der Waals surface area contributed by atoms with Gasteiger partial charge in [-0.1, -0.05) is 19.1 Å². The van der Waals surface area contributed by atoms with Crippen molar-refractivity contribution in [2.24, 2.45) is 0 Å². The van der Waals surface area contributed by atoms with Crippen molar-refractivity contribution < 1.29 is 4.74 Å². The van der Waals surface area contributed by atoms with Crippen LogP contribution < -0.4 is 10.1 Å². The second-order valence-corrected chi connectivity index (χ2v) is 6.13. The molecule has 0 radical (unpaired) electrons. The highest BCUT2D eigenvalue weighted by Crippen LogP contribution is 2.34. The van der Waals surface area contributed by atoms with Crippen LogP contribution >= 0.6 is 22.9 Å². The first kappa shape index (κ1) is 15.1. The van der Waals surface area contributed by atoms with Gasteiger partial charge >= 0.3 is 0 Å². The van der Waals surface area contributed by atoms with Crippen molar-refractivity contribution in [3.05, 3.63) is 40.5 Å². The highest BCUT2D eigenvalue weighted by molar-refractivity contribution is 7.18. The van der Waals surface area contributed by atoms with Gasteiger partial charge in [0.05, 0.1) is 17.7 Å². The quantitative estimate of drug-likeness (QED) is 0.664. The van der Waals surface area contributed by atoms with E-state index in [0.29, 0.717) is 12.4 Å². The first-order valence-electron chi connectivity index (χ1n) is 7.16. The Hall–Kier alpha value is -1.85. The predicted octanol–water partition coefficient (Wildman–Crippen LogP) is 5.05. The van der Waals surface area contributed by atoms with E-state index in [4.69, 9.17) is 16.3 Å². The monoisotopic (exact) mass is 333 g/mol. The second-order valence-electron chi connectivity index (χ2n) is 4.68. The highest BCUT2D eigenvalue weighted by atomic mass is 35.5. The van der Waals surface area contributed by atoms with Crippen LogP contribution in [-0.4, -0.2) is 16.6 Å². The predicted molar refractivity (Wildman–Crippen MR) is 92.7 cm³/mol. The van der Waals surface area contributed by atoms with Gasteiger partial charge in [-0.2, -0.15) is 4.98 Å². The van der Waals surface area contributed by atoms with Gasteiger partial charge in [-0.15, -0.1) is 11.3 Å². The topological polar surface area (TPSA) is 47.0 Å². The number of hydrogen-bond donors (Lipinski definition) is 1. The summed E-state index contributed by atoms with van der Waals surface area (Å²) in [5.41, 5.74) is 0.865. The smallest absolute Gasteiger partial charge is 0.225 e. The Morgan fingerprint density at radius 2 is 2.05 bits per heavy atom. The van der Waals surface area contributed by atoms with Crippen LogP contribution in [0.25, 0.3) is 10.2 Å². The van der Waals surface area contributed by atoms with E-state index in [1.807, 2.05) is 31.2 Å². The lowest BCUT2D eigenvalue weighted by atomic mass is 10.2. The van der Waals surface area contributed by atoms with Gasteiger partial charge in [-0.3, -0.25) is 0 Å². The number of fused-ring (bicyclic) bond motifs is 1. The first-order chi connectivity index (χ1) is 10.7. The fraction of sp³-hybridized carbons (Fsp3) is 0.250. The molecule has 0 atom stereocenters. The number of nitrogens with one attached hydrogen (secondary N) is 1. The molecule has 0 fully saturated rings. The van der Waals surface area contributed by atoms with Gasteiger partial charge in [-0.25, -0.2) is 4.98 Å². The summed E-state index contributed by atoms with van der Waals surface area (Å²) in [5.74, 6) is 1.50. The third kappa shape index (κ3) is 3.00. The van der Waals surface area contributed by atoms with Crippen molar-refractivity contribution in [2.45, 2.75) is 20.3 Å². The Morgan fingerprint density at radius 1 is 1.23 bits per heavy atom. The molecule has 0 saturated carbocycles. The number of ether oxygens (including phenoxy) is 1. The Bertz CT molecular complexity index is 803. The van der Waals surface area contributed by atoms with E-state index < -0.39 is 0 Å². The molecule has 0 amide bonds. The van der Waals surface area contributed by atoms with Gasteiger partial charge in [0.15, 0.2) is 0 Å². The molecule has 0 saturated heterocycles. The number of nitrogens with zero attached hydrogens (tertiary/aromatic N) is 2. The number of para-hydroxylation sites is 2. The molecule has 0 aliphatic heterocycles. The maximum Gasteiger partial charge on any atom is 0.225 e. The number of hydrogen-bond acceptors (Lipinski definition) is 5. The highest BCUT2D eigenvalue weighted by Gasteiger charge is 2.12. The van der Waals surface area contributed by atoms with Gasteiger partial charge in [0.2, 0.25) is 5.28 Å². The lowest BCUT2D eigenvalue weighted by Crippen LogP contribution is -2.00. The van der Waals surface area contributed by atoms with Gasteiger partial charge < -0.3 is 10.1 Å². The van der Waals surface area contributed by atoms with Gasteiger partial charge in [0.25, 0.3) is 0 Å². The minimum atomic E-state index is 0.244. The zero-order chi connectivity index (χ0) is 15.5. The SMILES string of the molecule is CCOc1ccccc1Nc1nc(Cl)nc2sc(CC)cc12. The number of thiophene rings is 1. The molecule has 2 heterocycles. The molecule has 0 spiro atoms. The summed E-state index contributed by atoms with van der Waals surface area (Å²) in [6.45, 7) is 4.69. The third-order valence-electron chi connectivity index (χ3n) is 3.20. The van der Waals surface area contributed by atoms with Crippen LogP contribution in [0.3, 0.4) is 0 Å². The van der Waals surface area contributed by atoms with Crippen LogP contribution in [0.4, 0.5) is 11.5 Å². The lowest BCUT2D eigenvalue weighted by Gasteiger charge is -2.12. The zero-order valence-electron chi connectivity index (χ0n) is 12.4. The Balaban J connectivity index is 2.05. The fourth-order valence-corrected chi connectivity index (χ4v) is 3.38. The molecule has 0 aliphatic rings. The summed E-state index contributed by atoms with van der Waals surface area (Å²) in [6.07, 6.45) is 0.966. The van der Waals surface area contributed by atoms with Gasteiger partial charge in [0, 0.05) is 4.88 Å². The summed E-state index contributed by atoms with van der Waals surface area (Å²) in [6, 6.07) is 9.90. The van der Waals surface area contributed by atoms with E-state index in [1.54, 1.807) is 11.3 Å². The van der Waals surface area contributed by atoms with Crippen molar-refractivity contribution in [3.63, 3.8) is 0 Å². The van der Waals surface area contributed by atoms with Crippen LogP contribution in [0.5, 0.6) is 5.75 Å². The fourth-order valence-electron chi connectivity index (χ4n) is 2.19. The van der Waals surface area contributed by atoms with Crippen LogP contribution in [-0.2, 0) is 6.42 Å². The van der Waals surface area contributed by atoms with E-state index >= 15 is 0 Å². The van der Waals surface area contributed by atoms with Crippen molar-refractivity contribution >= 4 is 44.7 Å². The second kappa shape index (κ2) is 6.50. The molecule has 2 aromatic heterocycles. The zero-order valence-corrected chi connectivity index (χ0v) is 14.0. The molecule has 0 unspecified atom stereocenters. The Morgan fingerprint density at radius 3 is 2.82 bits per heavy atom. The van der Waals surface area contributed by atoms with Crippen molar-refractivity contribution in [1.82, 2.24) is 9.97 Å². The Labute approximate surface area is 138 Å². The van der Waals surface area contributed by atoms with Crippen molar-refractivity contribution in [2.75, 3.05) is 11.9 Å². The molecule has 3 aromatic rings. The number of aromatic nitrogens is 2. The van der Waals surface area contributed by atoms with Crippen LogP contribution in [0.15, 0.2) is 30.3 Å². The van der Waals surface area contributed by atoms with E-state index in [1.165, 1.54) is 4.88 Å². The number of anilines is 2. The average Bonchev–Trinajstić information content (AvgIpc) is 2.92. The van der Waals surface area contributed by atoms with Gasteiger partial charge in [-0.05, 0) is 43.1 Å².